The fourth-order valence-corrected chi connectivity index (χ4v) is 5.62. The Kier molecular flexibility index (Phi) is 6.89. The summed E-state index contributed by atoms with van der Waals surface area (Å²) in [7, 11) is 0. The second-order valence-electron chi connectivity index (χ2n) is 9.51. The lowest BCUT2D eigenvalue weighted by Crippen LogP contribution is -2.46. The summed E-state index contributed by atoms with van der Waals surface area (Å²) >= 11 is 6.34. The van der Waals surface area contributed by atoms with Gasteiger partial charge in [-0.1, -0.05) is 73.0 Å². The number of nitrogens with zero attached hydrogens (tertiary/aromatic N) is 2. The molecule has 3 aromatic rings. The van der Waals surface area contributed by atoms with Crippen molar-refractivity contribution in [3.05, 3.63) is 95.0 Å². The van der Waals surface area contributed by atoms with E-state index in [1.165, 1.54) is 11.3 Å². The molecule has 1 saturated heterocycles. The number of carbonyl (C=O) groups excluding carboxylic acids is 1. The number of rotatable bonds is 6. The van der Waals surface area contributed by atoms with Crippen LogP contribution >= 0.6 is 11.6 Å². The second kappa shape index (κ2) is 10.2. The van der Waals surface area contributed by atoms with E-state index in [1.807, 2.05) is 48.5 Å². The third-order valence-electron chi connectivity index (χ3n) is 7.43. The normalized spacial score (nSPS) is 18.1. The minimum absolute atomic E-state index is 0.122. The standard InChI is InChI=1S/C29H32ClN3O/c30-27-11-5-4-8-23(27)22-32-18-20-33(21-19-32)26-14-12-25(13-15-26)31-28(34)29(16-6-7-17-29)24-9-2-1-3-10-24/h1-5,8-15H,6-7,16-22H2,(H,31,34). The van der Waals surface area contributed by atoms with Crippen molar-refractivity contribution in [2.75, 3.05) is 36.4 Å². The second-order valence-corrected chi connectivity index (χ2v) is 9.92. The van der Waals surface area contributed by atoms with Crippen molar-refractivity contribution in [3.8, 4) is 0 Å². The summed E-state index contributed by atoms with van der Waals surface area (Å²) in [6.07, 6.45) is 4.03. The molecule has 1 amide bonds. The first-order chi connectivity index (χ1) is 16.6. The van der Waals surface area contributed by atoms with Gasteiger partial charge in [0.1, 0.15) is 0 Å². The highest BCUT2D eigenvalue weighted by Gasteiger charge is 2.42. The van der Waals surface area contributed by atoms with Crippen LogP contribution in [-0.2, 0) is 16.8 Å². The molecule has 4 nitrogen and oxygen atoms in total. The number of anilines is 2. The molecule has 1 aliphatic carbocycles. The van der Waals surface area contributed by atoms with Gasteiger partial charge in [0.15, 0.2) is 0 Å². The molecule has 0 radical (unpaired) electrons. The van der Waals surface area contributed by atoms with Gasteiger partial charge >= 0.3 is 0 Å². The molecule has 2 fully saturated rings. The molecule has 176 valence electrons. The molecule has 1 aliphatic heterocycles. The summed E-state index contributed by atoms with van der Waals surface area (Å²) < 4.78 is 0. The molecule has 5 heteroatoms. The van der Waals surface area contributed by atoms with Crippen LogP contribution in [0.4, 0.5) is 11.4 Å². The van der Waals surface area contributed by atoms with Gasteiger partial charge in [-0.05, 0) is 54.3 Å². The average molecular weight is 474 g/mol. The Labute approximate surface area is 207 Å². The summed E-state index contributed by atoms with van der Waals surface area (Å²) in [6, 6.07) is 26.7. The average Bonchev–Trinajstić information content (AvgIpc) is 3.39. The van der Waals surface area contributed by atoms with Crippen molar-refractivity contribution in [1.82, 2.24) is 4.90 Å². The zero-order chi connectivity index (χ0) is 23.4. The lowest BCUT2D eigenvalue weighted by atomic mass is 9.78. The molecule has 0 aromatic heterocycles. The zero-order valence-electron chi connectivity index (χ0n) is 19.6. The van der Waals surface area contributed by atoms with E-state index in [9.17, 15) is 4.79 Å². The highest BCUT2D eigenvalue weighted by Crippen LogP contribution is 2.42. The van der Waals surface area contributed by atoms with Crippen molar-refractivity contribution in [3.63, 3.8) is 0 Å². The highest BCUT2D eigenvalue weighted by atomic mass is 35.5. The number of hydrogen-bond acceptors (Lipinski definition) is 3. The largest absolute Gasteiger partial charge is 0.369 e. The molecule has 1 heterocycles. The molecule has 0 bridgehead atoms. The van der Waals surface area contributed by atoms with Gasteiger partial charge in [-0.15, -0.1) is 0 Å². The van der Waals surface area contributed by atoms with E-state index >= 15 is 0 Å². The minimum atomic E-state index is -0.405. The molecule has 0 atom stereocenters. The molecule has 0 unspecified atom stereocenters. The van der Waals surface area contributed by atoms with Gasteiger partial charge < -0.3 is 10.2 Å². The Bertz CT molecular complexity index is 1100. The molecule has 5 rings (SSSR count). The number of carbonyl (C=O) groups is 1. The quantitative estimate of drug-likeness (QED) is 0.469. The Morgan fingerprint density at radius 2 is 1.47 bits per heavy atom. The number of benzene rings is 3. The minimum Gasteiger partial charge on any atom is -0.369 e. The van der Waals surface area contributed by atoms with Crippen molar-refractivity contribution >= 4 is 28.9 Å². The van der Waals surface area contributed by atoms with Gasteiger partial charge in [0.2, 0.25) is 5.91 Å². The monoisotopic (exact) mass is 473 g/mol. The Hall–Kier alpha value is -2.82. The van der Waals surface area contributed by atoms with Crippen LogP contribution in [0.1, 0.15) is 36.8 Å². The smallest absolute Gasteiger partial charge is 0.235 e. The van der Waals surface area contributed by atoms with Crippen LogP contribution in [0.25, 0.3) is 0 Å². The van der Waals surface area contributed by atoms with Crippen LogP contribution < -0.4 is 10.2 Å². The summed E-state index contributed by atoms with van der Waals surface area (Å²) in [4.78, 5) is 18.3. The summed E-state index contributed by atoms with van der Waals surface area (Å²) in [5.41, 5.74) is 3.99. The van der Waals surface area contributed by atoms with Crippen LogP contribution in [0.15, 0.2) is 78.9 Å². The zero-order valence-corrected chi connectivity index (χ0v) is 20.3. The number of nitrogens with one attached hydrogen (secondary N) is 1. The Morgan fingerprint density at radius 1 is 0.824 bits per heavy atom. The van der Waals surface area contributed by atoms with E-state index in [-0.39, 0.29) is 5.91 Å². The Balaban J connectivity index is 1.19. The first kappa shape index (κ1) is 22.9. The topological polar surface area (TPSA) is 35.6 Å². The third kappa shape index (κ3) is 4.84. The molecule has 3 aromatic carbocycles. The maximum Gasteiger partial charge on any atom is 0.235 e. The SMILES string of the molecule is O=C(Nc1ccc(N2CCN(Cc3ccccc3Cl)CC2)cc1)C1(c2ccccc2)CCCC1. The molecule has 34 heavy (non-hydrogen) atoms. The summed E-state index contributed by atoms with van der Waals surface area (Å²) in [5, 5.41) is 4.06. The molecular weight excluding hydrogens is 442 g/mol. The van der Waals surface area contributed by atoms with Gasteiger partial charge in [-0.2, -0.15) is 0 Å². The first-order valence-corrected chi connectivity index (χ1v) is 12.7. The van der Waals surface area contributed by atoms with Crippen molar-refractivity contribution in [1.29, 1.82) is 0 Å². The van der Waals surface area contributed by atoms with Crippen LogP contribution in [0.2, 0.25) is 5.02 Å². The van der Waals surface area contributed by atoms with E-state index in [1.54, 1.807) is 0 Å². The van der Waals surface area contributed by atoms with E-state index in [0.717, 1.165) is 74.7 Å². The lowest BCUT2D eigenvalue weighted by molar-refractivity contribution is -0.121. The Morgan fingerprint density at radius 3 is 2.15 bits per heavy atom. The molecular formula is C29H32ClN3O. The van der Waals surface area contributed by atoms with Gasteiger partial charge in [0.05, 0.1) is 5.41 Å². The molecule has 0 spiro atoms. The van der Waals surface area contributed by atoms with E-state index < -0.39 is 5.41 Å². The molecule has 2 aliphatic rings. The number of piperazine rings is 1. The fraction of sp³-hybridized carbons (Fsp3) is 0.345. The molecule has 1 N–H and O–H groups in total. The number of amides is 1. The predicted molar refractivity (Wildman–Crippen MR) is 141 cm³/mol. The van der Waals surface area contributed by atoms with Crippen molar-refractivity contribution in [2.45, 2.75) is 37.6 Å². The predicted octanol–water partition coefficient (Wildman–Crippen LogP) is 6.11. The van der Waals surface area contributed by atoms with Crippen LogP contribution in [0.5, 0.6) is 0 Å². The van der Waals surface area contributed by atoms with Gasteiger partial charge in [-0.25, -0.2) is 0 Å². The van der Waals surface area contributed by atoms with E-state index in [4.69, 9.17) is 11.6 Å². The van der Waals surface area contributed by atoms with Crippen molar-refractivity contribution < 1.29 is 4.79 Å². The van der Waals surface area contributed by atoms with Crippen molar-refractivity contribution in [2.24, 2.45) is 0 Å². The maximum atomic E-state index is 13.4. The highest BCUT2D eigenvalue weighted by molar-refractivity contribution is 6.31. The van der Waals surface area contributed by atoms with Gasteiger partial charge in [0.25, 0.3) is 0 Å². The van der Waals surface area contributed by atoms with Gasteiger partial charge in [-0.3, -0.25) is 9.69 Å². The lowest BCUT2D eigenvalue weighted by Gasteiger charge is -2.36. The van der Waals surface area contributed by atoms with Crippen LogP contribution in [-0.4, -0.2) is 37.0 Å². The summed E-state index contributed by atoms with van der Waals surface area (Å²) in [6.45, 7) is 4.86. The van der Waals surface area contributed by atoms with Gasteiger partial charge in [0, 0.05) is 49.1 Å². The maximum absolute atomic E-state index is 13.4. The fourth-order valence-electron chi connectivity index (χ4n) is 5.42. The van der Waals surface area contributed by atoms with Crippen LogP contribution in [0.3, 0.4) is 0 Å². The van der Waals surface area contributed by atoms with E-state index in [0.29, 0.717) is 0 Å². The van der Waals surface area contributed by atoms with E-state index in [2.05, 4.69) is 45.4 Å². The first-order valence-electron chi connectivity index (χ1n) is 12.3. The third-order valence-corrected chi connectivity index (χ3v) is 7.80. The van der Waals surface area contributed by atoms with Crippen LogP contribution in [0, 0.1) is 0 Å². The molecule has 1 saturated carbocycles. The summed E-state index contributed by atoms with van der Waals surface area (Å²) in [5.74, 6) is 0.122. The number of hydrogen-bond donors (Lipinski definition) is 1. The number of halogens is 1.